The third-order valence-electron chi connectivity index (χ3n) is 4.28. The number of hydrogen-bond donors (Lipinski definition) is 2. The van der Waals surface area contributed by atoms with E-state index in [9.17, 15) is 10.2 Å². The number of rotatable bonds is 7. The van der Waals surface area contributed by atoms with E-state index in [-0.39, 0.29) is 11.5 Å². The van der Waals surface area contributed by atoms with Crippen molar-refractivity contribution in [2.75, 3.05) is 26.2 Å². The normalized spacial score (nSPS) is 10.5. The third kappa shape index (κ3) is 4.02. The van der Waals surface area contributed by atoms with E-state index in [0.717, 1.165) is 22.3 Å². The molecule has 0 heterocycles. The van der Waals surface area contributed by atoms with Crippen molar-refractivity contribution in [3.8, 4) is 51.0 Å². The van der Waals surface area contributed by atoms with Crippen molar-refractivity contribution in [1.82, 2.24) is 0 Å². The highest BCUT2D eigenvalue weighted by Crippen LogP contribution is 2.50. The van der Waals surface area contributed by atoms with Crippen LogP contribution in [-0.2, 0) is 0 Å². The van der Waals surface area contributed by atoms with Gasteiger partial charge in [0.15, 0.2) is 11.5 Å². The molecule has 3 rings (SSSR count). The Labute approximate surface area is 172 Å². The van der Waals surface area contributed by atoms with E-state index in [1.165, 1.54) is 0 Å². The van der Waals surface area contributed by atoms with E-state index in [2.05, 4.69) is 15.9 Å². The number of hydrogen-bond acceptors (Lipinski definition) is 5. The van der Waals surface area contributed by atoms with Crippen LogP contribution < -0.4 is 14.2 Å². The van der Waals surface area contributed by atoms with Gasteiger partial charge in [-0.1, -0.05) is 40.2 Å². The standard InChI is InChI=1S/C22H21BrO5/c1-26-19-13-18(14-3-7-16(24)8-4-14)21(27-2)22(28-12-11-23)20(19)15-5-9-17(25)10-6-15/h3-10,13,24-25H,11-12H2,1-2H3. The number of ether oxygens (including phenoxy) is 3. The second-order valence-electron chi connectivity index (χ2n) is 5.99. The van der Waals surface area contributed by atoms with Crippen LogP contribution in [0.4, 0.5) is 0 Å². The second-order valence-corrected chi connectivity index (χ2v) is 6.79. The molecule has 0 radical (unpaired) electrons. The number of phenolic OH excluding ortho intramolecular Hbond substituents is 2. The molecule has 6 heteroatoms. The zero-order valence-electron chi connectivity index (χ0n) is 15.6. The molecule has 0 amide bonds. The van der Waals surface area contributed by atoms with Crippen LogP contribution in [0.2, 0.25) is 0 Å². The summed E-state index contributed by atoms with van der Waals surface area (Å²) < 4.78 is 17.5. The molecule has 0 spiro atoms. The summed E-state index contributed by atoms with van der Waals surface area (Å²) in [6, 6.07) is 15.6. The number of phenols is 2. The van der Waals surface area contributed by atoms with Crippen LogP contribution in [-0.4, -0.2) is 36.4 Å². The van der Waals surface area contributed by atoms with Crippen LogP contribution in [0, 0.1) is 0 Å². The minimum Gasteiger partial charge on any atom is -0.508 e. The molecule has 0 aromatic heterocycles. The summed E-state index contributed by atoms with van der Waals surface area (Å²) in [5.74, 6) is 2.09. The van der Waals surface area contributed by atoms with E-state index in [4.69, 9.17) is 14.2 Å². The van der Waals surface area contributed by atoms with Crippen LogP contribution in [0.25, 0.3) is 22.3 Å². The Hall–Kier alpha value is -2.86. The summed E-state index contributed by atoms with van der Waals surface area (Å²) in [5, 5.41) is 19.9. The first-order chi connectivity index (χ1) is 13.6. The van der Waals surface area contributed by atoms with E-state index >= 15 is 0 Å². The lowest BCUT2D eigenvalue weighted by Gasteiger charge is -2.21. The predicted octanol–water partition coefficient (Wildman–Crippen LogP) is 5.22. The van der Waals surface area contributed by atoms with Gasteiger partial charge in [0, 0.05) is 10.9 Å². The molecule has 5 nitrogen and oxygen atoms in total. The van der Waals surface area contributed by atoms with Crippen LogP contribution in [0.5, 0.6) is 28.7 Å². The van der Waals surface area contributed by atoms with E-state index in [1.54, 1.807) is 62.8 Å². The maximum Gasteiger partial charge on any atom is 0.173 e. The van der Waals surface area contributed by atoms with E-state index < -0.39 is 0 Å². The second kappa shape index (κ2) is 8.89. The van der Waals surface area contributed by atoms with Gasteiger partial charge >= 0.3 is 0 Å². The lowest BCUT2D eigenvalue weighted by Crippen LogP contribution is -2.04. The molecule has 0 aliphatic carbocycles. The quantitative estimate of drug-likeness (QED) is 0.488. The summed E-state index contributed by atoms with van der Waals surface area (Å²) in [6.07, 6.45) is 0. The molecule has 0 unspecified atom stereocenters. The average Bonchev–Trinajstić information content (AvgIpc) is 2.72. The number of alkyl halides is 1. The molecular weight excluding hydrogens is 424 g/mol. The maximum absolute atomic E-state index is 9.64. The van der Waals surface area contributed by atoms with Gasteiger partial charge < -0.3 is 24.4 Å². The first-order valence-electron chi connectivity index (χ1n) is 8.65. The fourth-order valence-corrected chi connectivity index (χ4v) is 3.18. The molecule has 0 aliphatic rings. The van der Waals surface area contributed by atoms with Crippen molar-refractivity contribution in [2.45, 2.75) is 0 Å². The molecule has 0 saturated heterocycles. The Bertz CT molecular complexity index is 937. The topological polar surface area (TPSA) is 68.2 Å². The Kier molecular flexibility index (Phi) is 6.31. The SMILES string of the molecule is COc1cc(-c2ccc(O)cc2)c(OC)c(OCCBr)c1-c1ccc(O)cc1. The minimum absolute atomic E-state index is 0.179. The zero-order valence-corrected chi connectivity index (χ0v) is 17.2. The largest absolute Gasteiger partial charge is 0.508 e. The molecule has 0 aliphatic heterocycles. The lowest BCUT2D eigenvalue weighted by molar-refractivity contribution is 0.313. The molecule has 3 aromatic rings. The molecule has 3 aromatic carbocycles. The zero-order chi connectivity index (χ0) is 20.1. The van der Waals surface area contributed by atoms with Gasteiger partial charge in [-0.15, -0.1) is 0 Å². The smallest absolute Gasteiger partial charge is 0.173 e. The summed E-state index contributed by atoms with van der Waals surface area (Å²) in [6.45, 7) is 0.434. The Balaban J connectivity index is 2.29. The fraction of sp³-hybridized carbons (Fsp3) is 0.182. The summed E-state index contributed by atoms with van der Waals surface area (Å²) >= 11 is 3.39. The lowest BCUT2D eigenvalue weighted by atomic mass is 9.96. The van der Waals surface area contributed by atoms with Gasteiger partial charge in [-0.2, -0.15) is 0 Å². The van der Waals surface area contributed by atoms with Crippen LogP contribution >= 0.6 is 15.9 Å². The van der Waals surface area contributed by atoms with Crippen LogP contribution in [0.15, 0.2) is 54.6 Å². The summed E-state index contributed by atoms with van der Waals surface area (Å²) in [7, 11) is 3.19. The number of methoxy groups -OCH3 is 2. The molecule has 0 fully saturated rings. The van der Waals surface area contributed by atoms with Gasteiger partial charge in [0.05, 0.1) is 26.4 Å². The van der Waals surface area contributed by atoms with Crippen molar-refractivity contribution in [1.29, 1.82) is 0 Å². The number of aromatic hydroxyl groups is 2. The predicted molar refractivity (Wildman–Crippen MR) is 113 cm³/mol. The monoisotopic (exact) mass is 444 g/mol. The minimum atomic E-state index is 0.179. The summed E-state index contributed by atoms with van der Waals surface area (Å²) in [5.41, 5.74) is 3.21. The van der Waals surface area contributed by atoms with E-state index in [1.807, 2.05) is 6.07 Å². The summed E-state index contributed by atoms with van der Waals surface area (Å²) in [4.78, 5) is 0. The van der Waals surface area contributed by atoms with Crippen molar-refractivity contribution in [3.63, 3.8) is 0 Å². The van der Waals surface area contributed by atoms with Gasteiger partial charge in [0.2, 0.25) is 0 Å². The van der Waals surface area contributed by atoms with Crippen LogP contribution in [0.3, 0.4) is 0 Å². The van der Waals surface area contributed by atoms with Gasteiger partial charge in [-0.05, 0) is 41.5 Å². The highest BCUT2D eigenvalue weighted by Gasteiger charge is 2.23. The van der Waals surface area contributed by atoms with Gasteiger partial charge in [0.25, 0.3) is 0 Å². The Morgan fingerprint density at radius 3 is 1.86 bits per heavy atom. The average molecular weight is 445 g/mol. The fourth-order valence-electron chi connectivity index (χ4n) is 3.02. The number of halogens is 1. The van der Waals surface area contributed by atoms with Gasteiger partial charge in [-0.25, -0.2) is 0 Å². The van der Waals surface area contributed by atoms with Crippen LogP contribution in [0.1, 0.15) is 0 Å². The van der Waals surface area contributed by atoms with Crippen molar-refractivity contribution in [2.24, 2.45) is 0 Å². The highest BCUT2D eigenvalue weighted by atomic mass is 79.9. The molecule has 146 valence electrons. The van der Waals surface area contributed by atoms with Crippen molar-refractivity contribution in [3.05, 3.63) is 54.6 Å². The van der Waals surface area contributed by atoms with Crippen molar-refractivity contribution < 1.29 is 24.4 Å². The van der Waals surface area contributed by atoms with E-state index in [0.29, 0.717) is 29.2 Å². The Morgan fingerprint density at radius 2 is 1.36 bits per heavy atom. The first-order valence-corrected chi connectivity index (χ1v) is 9.77. The molecule has 2 N–H and O–H groups in total. The molecule has 28 heavy (non-hydrogen) atoms. The third-order valence-corrected chi connectivity index (χ3v) is 4.61. The highest BCUT2D eigenvalue weighted by molar-refractivity contribution is 9.09. The first kappa shape index (κ1) is 19.9. The molecule has 0 atom stereocenters. The number of benzene rings is 3. The molecule has 0 bridgehead atoms. The Morgan fingerprint density at radius 1 is 0.786 bits per heavy atom. The molecular formula is C22H21BrO5. The molecule has 0 saturated carbocycles. The maximum atomic E-state index is 9.64. The van der Waals surface area contributed by atoms with Crippen molar-refractivity contribution >= 4 is 15.9 Å². The van der Waals surface area contributed by atoms with Gasteiger partial charge in [0.1, 0.15) is 17.2 Å². The van der Waals surface area contributed by atoms with Gasteiger partial charge in [-0.3, -0.25) is 0 Å².